The van der Waals surface area contributed by atoms with Gasteiger partial charge in [0.2, 0.25) is 0 Å². The van der Waals surface area contributed by atoms with Gasteiger partial charge >= 0.3 is 0 Å². The summed E-state index contributed by atoms with van der Waals surface area (Å²) in [7, 11) is -2.90. The summed E-state index contributed by atoms with van der Waals surface area (Å²) >= 11 is 1.53. The zero-order chi connectivity index (χ0) is 15.3. The Morgan fingerprint density at radius 1 is 1.33 bits per heavy atom. The second kappa shape index (κ2) is 7.29. The van der Waals surface area contributed by atoms with Gasteiger partial charge in [0.1, 0.15) is 0 Å². The lowest BCUT2D eigenvalue weighted by atomic mass is 10.1. The molecular formula is C14H19NO4S2. The summed E-state index contributed by atoms with van der Waals surface area (Å²) in [5.74, 6) is 0.868. The number of rotatable bonds is 6. The van der Waals surface area contributed by atoms with Gasteiger partial charge in [-0.2, -0.15) is 0 Å². The molecule has 1 amide bonds. The Kier molecular flexibility index (Phi) is 5.66. The Bertz CT molecular complexity index is 583. The highest BCUT2D eigenvalue weighted by atomic mass is 32.2. The molecule has 0 radical (unpaired) electrons. The Labute approximate surface area is 129 Å². The third-order valence-corrected chi connectivity index (χ3v) is 6.18. The van der Waals surface area contributed by atoms with Gasteiger partial charge in [0, 0.05) is 22.8 Å². The van der Waals surface area contributed by atoms with Crippen LogP contribution in [-0.4, -0.2) is 49.8 Å². The molecule has 2 N–H and O–H groups in total. The van der Waals surface area contributed by atoms with Crippen LogP contribution in [-0.2, 0) is 9.84 Å². The van der Waals surface area contributed by atoms with Crippen molar-refractivity contribution >= 4 is 27.5 Å². The van der Waals surface area contributed by atoms with E-state index in [2.05, 4.69) is 5.32 Å². The zero-order valence-electron chi connectivity index (χ0n) is 11.6. The first-order valence-electron chi connectivity index (χ1n) is 6.82. The summed E-state index contributed by atoms with van der Waals surface area (Å²) in [4.78, 5) is 13.0. The van der Waals surface area contributed by atoms with E-state index in [1.165, 1.54) is 11.8 Å². The van der Waals surface area contributed by atoms with Gasteiger partial charge in [0.15, 0.2) is 9.84 Å². The first-order chi connectivity index (χ1) is 10.00. The molecule has 0 bridgehead atoms. The fourth-order valence-corrected chi connectivity index (χ4v) is 4.76. The minimum atomic E-state index is -2.90. The van der Waals surface area contributed by atoms with Crippen LogP contribution in [0.4, 0.5) is 0 Å². The van der Waals surface area contributed by atoms with E-state index in [0.29, 0.717) is 24.3 Å². The zero-order valence-corrected chi connectivity index (χ0v) is 13.3. The molecule has 1 saturated heterocycles. The van der Waals surface area contributed by atoms with Crippen molar-refractivity contribution in [3.8, 4) is 0 Å². The van der Waals surface area contributed by atoms with Crippen LogP contribution < -0.4 is 5.32 Å². The van der Waals surface area contributed by atoms with Crippen molar-refractivity contribution in [1.82, 2.24) is 5.32 Å². The van der Waals surface area contributed by atoms with E-state index in [4.69, 9.17) is 5.11 Å². The molecule has 5 nitrogen and oxygen atoms in total. The van der Waals surface area contributed by atoms with Crippen molar-refractivity contribution < 1.29 is 18.3 Å². The van der Waals surface area contributed by atoms with Crippen LogP contribution in [0.15, 0.2) is 29.2 Å². The van der Waals surface area contributed by atoms with E-state index >= 15 is 0 Å². The van der Waals surface area contributed by atoms with Crippen LogP contribution >= 0.6 is 11.8 Å². The second-order valence-corrected chi connectivity index (χ2v) is 8.47. The van der Waals surface area contributed by atoms with Gasteiger partial charge in [-0.25, -0.2) is 8.42 Å². The highest BCUT2D eigenvalue weighted by Crippen LogP contribution is 2.19. The average molecular weight is 329 g/mol. The molecule has 1 atom stereocenters. The van der Waals surface area contributed by atoms with Crippen LogP contribution in [0.25, 0.3) is 0 Å². The predicted octanol–water partition coefficient (Wildman–Crippen LogP) is 0.935. The molecule has 1 aliphatic heterocycles. The number of aliphatic hydroxyl groups excluding tert-OH is 1. The predicted molar refractivity (Wildman–Crippen MR) is 83.3 cm³/mol. The SMILES string of the molecule is O=C(NC[C@H]1CCS(=O)(=O)C1)c1ccc(SCCO)cc1. The number of amides is 1. The molecular weight excluding hydrogens is 310 g/mol. The molecule has 2 rings (SSSR count). The van der Waals surface area contributed by atoms with Crippen LogP contribution in [0.5, 0.6) is 0 Å². The maximum absolute atomic E-state index is 12.0. The molecule has 0 aromatic heterocycles. The number of benzene rings is 1. The molecule has 0 spiro atoms. The fourth-order valence-electron chi connectivity index (χ4n) is 2.24. The van der Waals surface area contributed by atoms with E-state index in [1.54, 1.807) is 12.1 Å². The largest absolute Gasteiger partial charge is 0.396 e. The molecule has 0 unspecified atom stereocenters. The molecule has 116 valence electrons. The van der Waals surface area contributed by atoms with E-state index in [9.17, 15) is 13.2 Å². The first kappa shape index (κ1) is 16.3. The number of hydrogen-bond donors (Lipinski definition) is 2. The number of aliphatic hydroxyl groups is 1. The van der Waals surface area contributed by atoms with E-state index in [-0.39, 0.29) is 29.9 Å². The van der Waals surface area contributed by atoms with Crippen molar-refractivity contribution in [2.75, 3.05) is 30.4 Å². The van der Waals surface area contributed by atoms with Crippen LogP contribution in [0, 0.1) is 5.92 Å². The number of hydrogen-bond acceptors (Lipinski definition) is 5. The smallest absolute Gasteiger partial charge is 0.251 e. The van der Waals surface area contributed by atoms with Gasteiger partial charge in [0.05, 0.1) is 18.1 Å². The third kappa shape index (κ3) is 5.01. The van der Waals surface area contributed by atoms with Crippen molar-refractivity contribution in [2.24, 2.45) is 5.92 Å². The summed E-state index contributed by atoms with van der Waals surface area (Å²) in [6.07, 6.45) is 0.624. The third-order valence-electron chi connectivity index (χ3n) is 3.35. The van der Waals surface area contributed by atoms with Gasteiger partial charge in [0.25, 0.3) is 5.91 Å². The van der Waals surface area contributed by atoms with Gasteiger partial charge in [-0.1, -0.05) is 0 Å². The van der Waals surface area contributed by atoms with Crippen molar-refractivity contribution in [3.63, 3.8) is 0 Å². The molecule has 1 heterocycles. The number of nitrogens with one attached hydrogen (secondary N) is 1. The maximum atomic E-state index is 12.0. The van der Waals surface area contributed by atoms with Gasteiger partial charge in [-0.15, -0.1) is 11.8 Å². The van der Waals surface area contributed by atoms with Crippen molar-refractivity contribution in [3.05, 3.63) is 29.8 Å². The Morgan fingerprint density at radius 3 is 2.62 bits per heavy atom. The Balaban J connectivity index is 1.83. The van der Waals surface area contributed by atoms with Crippen LogP contribution in [0.1, 0.15) is 16.8 Å². The van der Waals surface area contributed by atoms with Crippen LogP contribution in [0.2, 0.25) is 0 Å². The summed E-state index contributed by atoms with van der Waals surface area (Å²) in [6.45, 7) is 0.524. The summed E-state index contributed by atoms with van der Waals surface area (Å²) in [5, 5.41) is 11.5. The molecule has 0 aliphatic carbocycles. The topological polar surface area (TPSA) is 83.5 Å². The van der Waals surface area contributed by atoms with Gasteiger partial charge in [-0.05, 0) is 36.6 Å². The van der Waals surface area contributed by atoms with Gasteiger partial charge < -0.3 is 10.4 Å². The van der Waals surface area contributed by atoms with Crippen molar-refractivity contribution in [2.45, 2.75) is 11.3 Å². The molecule has 7 heteroatoms. The lowest BCUT2D eigenvalue weighted by Crippen LogP contribution is -2.29. The second-order valence-electron chi connectivity index (χ2n) is 5.08. The summed E-state index contributed by atoms with van der Waals surface area (Å²) < 4.78 is 22.7. The minimum Gasteiger partial charge on any atom is -0.396 e. The fraction of sp³-hybridized carbons (Fsp3) is 0.500. The number of thioether (sulfide) groups is 1. The van der Waals surface area contributed by atoms with E-state index in [0.717, 1.165) is 4.90 Å². The molecule has 0 saturated carbocycles. The number of sulfone groups is 1. The maximum Gasteiger partial charge on any atom is 0.251 e. The monoisotopic (exact) mass is 329 g/mol. The number of carbonyl (C=O) groups excluding carboxylic acids is 1. The highest BCUT2D eigenvalue weighted by molar-refractivity contribution is 7.99. The van der Waals surface area contributed by atoms with Gasteiger partial charge in [-0.3, -0.25) is 4.79 Å². The van der Waals surface area contributed by atoms with E-state index < -0.39 is 9.84 Å². The standard InChI is InChI=1S/C14H19NO4S2/c16-6-7-20-13-3-1-12(2-4-13)14(17)15-9-11-5-8-21(18,19)10-11/h1-4,11,16H,5-10H2,(H,15,17)/t11-/m1/s1. The molecule has 1 aliphatic rings. The lowest BCUT2D eigenvalue weighted by Gasteiger charge is -2.10. The molecule has 1 aromatic carbocycles. The molecule has 21 heavy (non-hydrogen) atoms. The first-order valence-corrected chi connectivity index (χ1v) is 9.63. The highest BCUT2D eigenvalue weighted by Gasteiger charge is 2.27. The summed E-state index contributed by atoms with van der Waals surface area (Å²) in [6, 6.07) is 7.16. The van der Waals surface area contributed by atoms with Crippen molar-refractivity contribution in [1.29, 1.82) is 0 Å². The Hall–Kier alpha value is -1.05. The molecule has 1 fully saturated rings. The summed E-state index contributed by atoms with van der Waals surface area (Å²) in [5.41, 5.74) is 0.559. The normalized spacial score (nSPS) is 20.3. The van der Waals surface area contributed by atoms with Crippen LogP contribution in [0.3, 0.4) is 0 Å². The quantitative estimate of drug-likeness (QED) is 0.759. The lowest BCUT2D eigenvalue weighted by molar-refractivity contribution is 0.0948. The number of carbonyl (C=O) groups is 1. The molecule has 1 aromatic rings. The Morgan fingerprint density at radius 2 is 2.05 bits per heavy atom. The van der Waals surface area contributed by atoms with E-state index in [1.807, 2.05) is 12.1 Å². The minimum absolute atomic E-state index is 0.0262. The average Bonchev–Trinajstić information content (AvgIpc) is 2.82.